The van der Waals surface area contributed by atoms with E-state index < -0.39 is 0 Å². The quantitative estimate of drug-likeness (QED) is 0.794. The molecule has 3 N–H and O–H groups in total. The van der Waals surface area contributed by atoms with Gasteiger partial charge in [-0.3, -0.25) is 4.79 Å². The molecule has 19 heavy (non-hydrogen) atoms. The summed E-state index contributed by atoms with van der Waals surface area (Å²) in [6, 6.07) is 0.356. The second-order valence-electron chi connectivity index (χ2n) is 6.34. The van der Waals surface area contributed by atoms with Crippen molar-refractivity contribution in [3.8, 4) is 0 Å². The molecule has 0 aromatic carbocycles. The molecule has 0 bridgehead atoms. The molecule has 4 heteroatoms. The maximum absolute atomic E-state index is 12.2. The van der Waals surface area contributed by atoms with E-state index in [4.69, 9.17) is 10.8 Å². The van der Waals surface area contributed by atoms with E-state index in [1.165, 1.54) is 12.8 Å². The normalized spacial score (nSPS) is 31.7. The molecule has 1 saturated carbocycles. The number of aliphatic hydroxyl groups is 1. The molecule has 1 aliphatic heterocycles. The Morgan fingerprint density at radius 1 is 1.21 bits per heavy atom. The molecular formula is C15H28N2O2. The molecule has 0 radical (unpaired) electrons. The van der Waals surface area contributed by atoms with Crippen molar-refractivity contribution in [1.29, 1.82) is 0 Å². The van der Waals surface area contributed by atoms with Crippen LogP contribution < -0.4 is 5.73 Å². The van der Waals surface area contributed by atoms with Crippen molar-refractivity contribution >= 4 is 5.91 Å². The van der Waals surface area contributed by atoms with Crippen molar-refractivity contribution < 1.29 is 9.90 Å². The molecule has 3 unspecified atom stereocenters. The largest absolute Gasteiger partial charge is 0.396 e. The molecule has 2 rings (SSSR count). The van der Waals surface area contributed by atoms with Gasteiger partial charge in [0, 0.05) is 32.2 Å². The second kappa shape index (κ2) is 7.25. The van der Waals surface area contributed by atoms with Crippen LogP contribution in [0.5, 0.6) is 0 Å². The lowest BCUT2D eigenvalue weighted by Gasteiger charge is -2.27. The van der Waals surface area contributed by atoms with Gasteiger partial charge in [0.15, 0.2) is 0 Å². The number of rotatable bonds is 5. The third-order valence-electron chi connectivity index (χ3n) is 4.77. The molecule has 1 aliphatic carbocycles. The number of likely N-dealkylation sites (tertiary alicyclic amines) is 1. The summed E-state index contributed by atoms with van der Waals surface area (Å²) in [7, 11) is 0. The fourth-order valence-corrected chi connectivity index (χ4v) is 3.56. The number of amides is 1. The summed E-state index contributed by atoms with van der Waals surface area (Å²) in [4.78, 5) is 14.1. The van der Waals surface area contributed by atoms with Crippen LogP contribution in [0.1, 0.15) is 51.4 Å². The molecule has 110 valence electrons. The first kappa shape index (κ1) is 14.8. The van der Waals surface area contributed by atoms with Gasteiger partial charge in [-0.15, -0.1) is 0 Å². The van der Waals surface area contributed by atoms with Crippen LogP contribution in [0.3, 0.4) is 0 Å². The van der Waals surface area contributed by atoms with Gasteiger partial charge < -0.3 is 15.7 Å². The summed E-state index contributed by atoms with van der Waals surface area (Å²) < 4.78 is 0. The summed E-state index contributed by atoms with van der Waals surface area (Å²) >= 11 is 0. The van der Waals surface area contributed by atoms with E-state index in [-0.39, 0.29) is 6.61 Å². The van der Waals surface area contributed by atoms with Gasteiger partial charge in [0.05, 0.1) is 0 Å². The fourth-order valence-electron chi connectivity index (χ4n) is 3.56. The van der Waals surface area contributed by atoms with E-state index in [0.717, 1.165) is 45.2 Å². The number of nitrogens with two attached hydrogens (primary N) is 1. The van der Waals surface area contributed by atoms with Crippen LogP contribution >= 0.6 is 0 Å². The Bertz CT molecular complexity index is 296. The molecule has 1 heterocycles. The van der Waals surface area contributed by atoms with Crippen LogP contribution in [0.15, 0.2) is 0 Å². The lowest BCUT2D eigenvalue weighted by molar-refractivity contribution is -0.130. The molecule has 2 fully saturated rings. The maximum atomic E-state index is 12.2. The van der Waals surface area contributed by atoms with Gasteiger partial charge in [-0.05, 0) is 43.9 Å². The van der Waals surface area contributed by atoms with Crippen molar-refractivity contribution in [1.82, 2.24) is 4.90 Å². The molecule has 0 aromatic rings. The summed E-state index contributed by atoms with van der Waals surface area (Å²) in [6.45, 7) is 1.98. The highest BCUT2D eigenvalue weighted by atomic mass is 16.3. The number of nitrogens with zero attached hydrogens (tertiary/aromatic N) is 1. The van der Waals surface area contributed by atoms with Crippen molar-refractivity contribution in [3.05, 3.63) is 0 Å². The number of hydrogen-bond donors (Lipinski definition) is 2. The van der Waals surface area contributed by atoms with Gasteiger partial charge >= 0.3 is 0 Å². The van der Waals surface area contributed by atoms with Crippen LogP contribution in [0, 0.1) is 11.8 Å². The standard InChI is InChI=1S/C15H28N2O2/c16-14-3-1-2-12(10-14)4-5-15(19)17-8-6-13(11-17)7-9-18/h12-14,18H,1-11,16H2. The van der Waals surface area contributed by atoms with E-state index in [1.807, 2.05) is 4.90 Å². The number of carbonyl (C=O) groups is 1. The number of hydrogen-bond acceptors (Lipinski definition) is 3. The molecule has 1 amide bonds. The van der Waals surface area contributed by atoms with Crippen molar-refractivity contribution in [2.24, 2.45) is 17.6 Å². The zero-order valence-corrected chi connectivity index (χ0v) is 11.9. The van der Waals surface area contributed by atoms with Gasteiger partial charge in [0.25, 0.3) is 0 Å². The van der Waals surface area contributed by atoms with Crippen LogP contribution in [-0.2, 0) is 4.79 Å². The fraction of sp³-hybridized carbons (Fsp3) is 0.933. The zero-order valence-electron chi connectivity index (χ0n) is 11.9. The van der Waals surface area contributed by atoms with Crippen molar-refractivity contribution in [2.75, 3.05) is 19.7 Å². The third kappa shape index (κ3) is 4.46. The SMILES string of the molecule is NC1CCCC(CCC(=O)N2CCC(CCO)C2)C1. The van der Waals surface area contributed by atoms with Crippen LogP contribution in [-0.4, -0.2) is 41.7 Å². The minimum Gasteiger partial charge on any atom is -0.396 e. The first-order valence-corrected chi connectivity index (χ1v) is 7.83. The second-order valence-corrected chi connectivity index (χ2v) is 6.34. The number of carbonyl (C=O) groups excluding carboxylic acids is 1. The van der Waals surface area contributed by atoms with Crippen molar-refractivity contribution in [3.63, 3.8) is 0 Å². The van der Waals surface area contributed by atoms with Gasteiger partial charge in [-0.25, -0.2) is 0 Å². The van der Waals surface area contributed by atoms with E-state index >= 15 is 0 Å². The lowest BCUT2D eigenvalue weighted by atomic mass is 9.83. The third-order valence-corrected chi connectivity index (χ3v) is 4.77. The van der Waals surface area contributed by atoms with E-state index in [9.17, 15) is 4.79 Å². The maximum Gasteiger partial charge on any atom is 0.222 e. The van der Waals surface area contributed by atoms with Gasteiger partial charge in [0.2, 0.25) is 5.91 Å². The van der Waals surface area contributed by atoms with Gasteiger partial charge in [-0.1, -0.05) is 12.8 Å². The molecule has 2 aliphatic rings. The predicted octanol–water partition coefficient (Wildman–Crippen LogP) is 1.51. The van der Waals surface area contributed by atoms with Crippen LogP contribution in [0.4, 0.5) is 0 Å². The molecule has 1 saturated heterocycles. The van der Waals surface area contributed by atoms with Crippen molar-refractivity contribution in [2.45, 2.75) is 57.4 Å². The van der Waals surface area contributed by atoms with E-state index in [1.54, 1.807) is 0 Å². The summed E-state index contributed by atoms with van der Waals surface area (Å²) in [5.41, 5.74) is 5.99. The summed E-state index contributed by atoms with van der Waals surface area (Å²) in [5.74, 6) is 1.47. The predicted molar refractivity (Wildman–Crippen MR) is 75.6 cm³/mol. The van der Waals surface area contributed by atoms with E-state index in [0.29, 0.717) is 30.2 Å². The minimum absolute atomic E-state index is 0.243. The molecule has 0 aromatic heterocycles. The first-order valence-electron chi connectivity index (χ1n) is 7.83. The Kier molecular flexibility index (Phi) is 5.64. The zero-order chi connectivity index (χ0) is 13.7. The average Bonchev–Trinajstić information content (AvgIpc) is 2.85. The number of aliphatic hydroxyl groups excluding tert-OH is 1. The monoisotopic (exact) mass is 268 g/mol. The molecule has 4 nitrogen and oxygen atoms in total. The van der Waals surface area contributed by atoms with E-state index in [2.05, 4.69) is 0 Å². The first-order chi connectivity index (χ1) is 9.19. The Morgan fingerprint density at radius 3 is 2.79 bits per heavy atom. The Morgan fingerprint density at radius 2 is 2.05 bits per heavy atom. The van der Waals surface area contributed by atoms with Gasteiger partial charge in [0.1, 0.15) is 0 Å². The lowest BCUT2D eigenvalue weighted by Crippen LogP contribution is -2.31. The smallest absolute Gasteiger partial charge is 0.222 e. The highest BCUT2D eigenvalue weighted by molar-refractivity contribution is 5.76. The Balaban J connectivity index is 1.67. The molecular weight excluding hydrogens is 240 g/mol. The van der Waals surface area contributed by atoms with Gasteiger partial charge in [-0.2, -0.15) is 0 Å². The highest BCUT2D eigenvalue weighted by Crippen LogP contribution is 2.28. The van der Waals surface area contributed by atoms with Crippen LogP contribution in [0.2, 0.25) is 0 Å². The topological polar surface area (TPSA) is 66.6 Å². The van der Waals surface area contributed by atoms with Crippen LogP contribution in [0.25, 0.3) is 0 Å². The molecule has 0 spiro atoms. The Hall–Kier alpha value is -0.610. The highest BCUT2D eigenvalue weighted by Gasteiger charge is 2.26. The summed E-state index contributed by atoms with van der Waals surface area (Å²) in [5, 5.41) is 8.93. The minimum atomic E-state index is 0.243. The molecule has 3 atom stereocenters. The summed E-state index contributed by atoms with van der Waals surface area (Å²) in [6.07, 6.45) is 8.30. The Labute approximate surface area is 116 Å². The average molecular weight is 268 g/mol.